The maximum Gasteiger partial charge on any atom is 0.344 e. The van der Waals surface area contributed by atoms with Crippen molar-refractivity contribution in [2.24, 2.45) is 0 Å². The summed E-state index contributed by atoms with van der Waals surface area (Å²) in [6.45, 7) is 2.18. The van der Waals surface area contributed by atoms with Gasteiger partial charge in [0.25, 0.3) is 5.91 Å². The topological polar surface area (TPSA) is 111 Å². The van der Waals surface area contributed by atoms with Crippen molar-refractivity contribution in [3.63, 3.8) is 0 Å². The zero-order valence-corrected chi connectivity index (χ0v) is 19.9. The quantitative estimate of drug-likeness (QED) is 0.566. The predicted octanol–water partition coefficient (Wildman–Crippen LogP) is 2.07. The second-order valence-corrected chi connectivity index (χ2v) is 10.2. The minimum absolute atomic E-state index is 0.0787. The Morgan fingerprint density at radius 2 is 1.79 bits per heavy atom. The Labute approximate surface area is 199 Å². The van der Waals surface area contributed by atoms with Crippen molar-refractivity contribution < 1.29 is 32.2 Å². The van der Waals surface area contributed by atoms with E-state index in [0.29, 0.717) is 30.2 Å². The molecule has 1 aliphatic carbocycles. The van der Waals surface area contributed by atoms with Crippen molar-refractivity contribution in [3.05, 3.63) is 53.1 Å². The molecule has 1 fully saturated rings. The minimum atomic E-state index is -3.70. The molecule has 34 heavy (non-hydrogen) atoms. The molecule has 0 unspecified atom stereocenters. The fourth-order valence-electron chi connectivity index (χ4n) is 3.99. The summed E-state index contributed by atoms with van der Waals surface area (Å²) < 4.78 is 42.8. The van der Waals surface area contributed by atoms with E-state index in [1.54, 1.807) is 13.0 Å². The summed E-state index contributed by atoms with van der Waals surface area (Å²) >= 11 is 0. The van der Waals surface area contributed by atoms with Crippen LogP contribution in [0.25, 0.3) is 0 Å². The predicted molar refractivity (Wildman–Crippen MR) is 124 cm³/mol. The lowest BCUT2D eigenvalue weighted by atomic mass is 10.1. The lowest BCUT2D eigenvalue weighted by Crippen LogP contribution is -2.40. The number of esters is 1. The Morgan fingerprint density at radius 3 is 2.59 bits per heavy atom. The van der Waals surface area contributed by atoms with Gasteiger partial charge in [-0.1, -0.05) is 12.1 Å². The van der Waals surface area contributed by atoms with Crippen LogP contribution in [0.15, 0.2) is 41.3 Å². The average Bonchev–Trinajstić information content (AvgIpc) is 3.31. The molecule has 1 heterocycles. The fourth-order valence-corrected chi connectivity index (χ4v) is 5.42. The second kappa shape index (κ2) is 10.5. The number of ether oxygens (including phenoxy) is 3. The molecule has 4 rings (SSSR count). The second-order valence-electron chi connectivity index (χ2n) is 8.27. The number of morpholine rings is 1. The van der Waals surface area contributed by atoms with Gasteiger partial charge >= 0.3 is 5.97 Å². The van der Waals surface area contributed by atoms with Gasteiger partial charge in [-0.2, -0.15) is 4.31 Å². The van der Waals surface area contributed by atoms with Crippen LogP contribution in [0.5, 0.6) is 5.75 Å². The maximum atomic E-state index is 12.9. The summed E-state index contributed by atoms with van der Waals surface area (Å²) in [5.41, 5.74) is 3.56. The van der Waals surface area contributed by atoms with Crippen molar-refractivity contribution >= 4 is 27.6 Å². The molecule has 2 aliphatic rings. The average molecular weight is 489 g/mol. The lowest BCUT2D eigenvalue weighted by molar-refractivity contribution is -0.149. The smallest absolute Gasteiger partial charge is 0.344 e. The third-order valence-electron chi connectivity index (χ3n) is 5.88. The molecule has 0 radical (unpaired) electrons. The Kier molecular flexibility index (Phi) is 7.50. The molecular formula is C24H28N2O7S. The number of carbonyl (C=O) groups excluding carboxylic acids is 2. The number of nitrogens with zero attached hydrogens (tertiary/aromatic N) is 1. The Bertz CT molecular complexity index is 1170. The van der Waals surface area contributed by atoms with Crippen molar-refractivity contribution in [2.75, 3.05) is 44.8 Å². The van der Waals surface area contributed by atoms with Crippen LogP contribution in [0, 0.1) is 6.92 Å². The molecule has 182 valence electrons. The van der Waals surface area contributed by atoms with Crippen LogP contribution >= 0.6 is 0 Å². The molecule has 2 aromatic rings. The highest BCUT2D eigenvalue weighted by Crippen LogP contribution is 2.26. The first-order valence-corrected chi connectivity index (χ1v) is 12.7. The minimum Gasteiger partial charge on any atom is -0.482 e. The molecule has 0 atom stereocenters. The fraction of sp³-hybridized carbons (Fsp3) is 0.417. The van der Waals surface area contributed by atoms with Crippen molar-refractivity contribution in [3.8, 4) is 5.75 Å². The van der Waals surface area contributed by atoms with Crippen LogP contribution in [0.2, 0.25) is 0 Å². The first kappa shape index (κ1) is 24.2. The van der Waals surface area contributed by atoms with E-state index in [2.05, 4.69) is 5.32 Å². The number of sulfonamides is 1. The maximum absolute atomic E-state index is 12.9. The van der Waals surface area contributed by atoms with Crippen molar-refractivity contribution in [1.29, 1.82) is 0 Å². The zero-order valence-electron chi connectivity index (χ0n) is 19.0. The molecule has 0 bridgehead atoms. The standard InChI is InChI=1S/C24H28N2O7S/c1-17-5-8-21(34(29,30)26-9-11-31-12-10-26)14-22(17)25-23(27)15-33-24(28)16-32-20-7-6-18-3-2-4-19(18)13-20/h5-8,13-14H,2-4,9-12,15-16H2,1H3,(H,25,27). The van der Waals surface area contributed by atoms with Crippen LogP contribution in [0.1, 0.15) is 23.1 Å². The van der Waals surface area contributed by atoms with Crippen LogP contribution in [-0.2, 0) is 41.9 Å². The molecule has 1 amide bonds. The van der Waals surface area contributed by atoms with E-state index in [1.165, 1.54) is 27.6 Å². The van der Waals surface area contributed by atoms with Crippen LogP contribution in [-0.4, -0.2) is 64.1 Å². The number of nitrogens with one attached hydrogen (secondary N) is 1. The molecule has 0 spiro atoms. The van der Waals surface area contributed by atoms with Crippen LogP contribution in [0.3, 0.4) is 0 Å². The molecule has 9 nitrogen and oxygen atoms in total. The molecule has 1 saturated heterocycles. The van der Waals surface area contributed by atoms with Gasteiger partial charge in [0.15, 0.2) is 13.2 Å². The lowest BCUT2D eigenvalue weighted by Gasteiger charge is -2.26. The number of benzene rings is 2. The van der Waals surface area contributed by atoms with E-state index >= 15 is 0 Å². The van der Waals surface area contributed by atoms with E-state index < -0.39 is 28.5 Å². The summed E-state index contributed by atoms with van der Waals surface area (Å²) in [5, 5.41) is 2.62. The molecule has 0 saturated carbocycles. The molecule has 2 aromatic carbocycles. The van der Waals surface area contributed by atoms with Gasteiger partial charge in [0, 0.05) is 18.8 Å². The number of fused-ring (bicyclic) bond motifs is 1. The largest absolute Gasteiger partial charge is 0.482 e. The SMILES string of the molecule is Cc1ccc(S(=O)(=O)N2CCOCC2)cc1NC(=O)COC(=O)COc1ccc2c(c1)CCC2. The van der Waals surface area contributed by atoms with Crippen LogP contribution in [0.4, 0.5) is 5.69 Å². The van der Waals surface area contributed by atoms with Gasteiger partial charge < -0.3 is 19.5 Å². The summed E-state index contributed by atoms with van der Waals surface area (Å²) in [6.07, 6.45) is 3.19. The van der Waals surface area contributed by atoms with E-state index in [4.69, 9.17) is 14.2 Å². The first-order valence-electron chi connectivity index (χ1n) is 11.2. The summed E-state index contributed by atoms with van der Waals surface area (Å²) in [6, 6.07) is 10.3. The summed E-state index contributed by atoms with van der Waals surface area (Å²) in [5.74, 6) is -0.651. The summed E-state index contributed by atoms with van der Waals surface area (Å²) in [4.78, 5) is 24.4. The summed E-state index contributed by atoms with van der Waals surface area (Å²) in [7, 11) is -3.70. The number of anilines is 1. The highest BCUT2D eigenvalue weighted by molar-refractivity contribution is 7.89. The molecule has 10 heteroatoms. The Morgan fingerprint density at radius 1 is 1.03 bits per heavy atom. The highest BCUT2D eigenvalue weighted by Gasteiger charge is 2.27. The number of hydrogen-bond donors (Lipinski definition) is 1. The third kappa shape index (κ3) is 5.75. The first-order chi connectivity index (χ1) is 16.3. The highest BCUT2D eigenvalue weighted by atomic mass is 32.2. The molecular weight excluding hydrogens is 460 g/mol. The van der Waals surface area contributed by atoms with E-state index in [0.717, 1.165) is 19.3 Å². The normalized spacial score (nSPS) is 16.0. The van der Waals surface area contributed by atoms with Gasteiger partial charge in [0.05, 0.1) is 18.1 Å². The molecule has 1 N–H and O–H groups in total. The number of aryl methyl sites for hydroxylation is 3. The number of rotatable bonds is 8. The van der Waals surface area contributed by atoms with Gasteiger partial charge in [-0.05, 0) is 67.1 Å². The van der Waals surface area contributed by atoms with Crippen LogP contribution < -0.4 is 10.1 Å². The monoisotopic (exact) mass is 488 g/mol. The number of carbonyl (C=O) groups is 2. The van der Waals surface area contributed by atoms with Gasteiger partial charge in [-0.3, -0.25) is 4.79 Å². The van der Waals surface area contributed by atoms with Gasteiger partial charge in [-0.15, -0.1) is 0 Å². The molecule has 0 aromatic heterocycles. The van der Waals surface area contributed by atoms with Gasteiger partial charge in [-0.25, -0.2) is 13.2 Å². The van der Waals surface area contributed by atoms with Crippen molar-refractivity contribution in [2.45, 2.75) is 31.1 Å². The number of hydrogen-bond acceptors (Lipinski definition) is 7. The van der Waals surface area contributed by atoms with Crippen molar-refractivity contribution in [1.82, 2.24) is 4.31 Å². The van der Waals surface area contributed by atoms with Gasteiger partial charge in [0.2, 0.25) is 10.0 Å². The zero-order chi connectivity index (χ0) is 24.1. The number of amides is 1. The Hall–Kier alpha value is -2.95. The van der Waals surface area contributed by atoms with E-state index in [1.807, 2.05) is 18.2 Å². The third-order valence-corrected chi connectivity index (χ3v) is 7.78. The Balaban J connectivity index is 1.29. The molecule has 1 aliphatic heterocycles. The van der Waals surface area contributed by atoms with E-state index in [-0.39, 0.29) is 24.6 Å². The van der Waals surface area contributed by atoms with E-state index in [9.17, 15) is 18.0 Å². The van der Waals surface area contributed by atoms with Gasteiger partial charge in [0.1, 0.15) is 5.75 Å².